The minimum atomic E-state index is 0.784. The van der Waals surface area contributed by atoms with E-state index < -0.39 is 0 Å². The first-order chi connectivity index (χ1) is 8.56. The first-order valence-electron chi connectivity index (χ1n) is 5.54. The Bertz CT molecular complexity index is 424. The zero-order valence-electron chi connectivity index (χ0n) is 10.7. The van der Waals surface area contributed by atoms with Crippen LogP contribution >= 0.6 is 27.7 Å². The van der Waals surface area contributed by atoms with E-state index in [0.717, 1.165) is 34.0 Å². The summed E-state index contributed by atoms with van der Waals surface area (Å²) < 4.78 is 0.898. The molecule has 0 unspecified atom stereocenters. The average molecular weight is 328 g/mol. The molecular weight excluding hydrogens is 310 g/mol. The number of hydrogen-bond acceptors (Lipinski definition) is 3. The third-order valence-corrected chi connectivity index (χ3v) is 3.37. The van der Waals surface area contributed by atoms with Crippen molar-refractivity contribution in [3.05, 3.63) is 47.5 Å². The minimum Gasteiger partial charge on any atom is -0.344 e. The van der Waals surface area contributed by atoms with E-state index in [4.69, 9.17) is 0 Å². The lowest BCUT2D eigenvalue weighted by molar-refractivity contribution is 0.631. The van der Waals surface area contributed by atoms with Crippen molar-refractivity contribution in [2.45, 2.75) is 6.92 Å². The van der Waals surface area contributed by atoms with Crippen LogP contribution in [0, 0.1) is 0 Å². The Labute approximate surface area is 122 Å². The highest BCUT2D eigenvalue weighted by Crippen LogP contribution is 2.22. The van der Waals surface area contributed by atoms with E-state index in [-0.39, 0.29) is 0 Å². The molecule has 1 rings (SSSR count). The zero-order valence-corrected chi connectivity index (χ0v) is 13.1. The van der Waals surface area contributed by atoms with Crippen molar-refractivity contribution in [3.8, 4) is 0 Å². The van der Waals surface area contributed by atoms with E-state index in [1.807, 2.05) is 30.3 Å². The summed E-state index contributed by atoms with van der Waals surface area (Å²) >= 11 is 5.30. The second-order valence-electron chi connectivity index (χ2n) is 3.81. The minimum absolute atomic E-state index is 0.784. The Morgan fingerprint density at radius 1 is 1.67 bits per heavy atom. The molecule has 0 fully saturated rings. The van der Waals surface area contributed by atoms with E-state index >= 15 is 0 Å². The number of halogens is 1. The Morgan fingerprint density at radius 3 is 3.00 bits per heavy atom. The molecule has 1 aliphatic heterocycles. The second kappa shape index (κ2) is 7.48. The van der Waals surface area contributed by atoms with Crippen molar-refractivity contribution >= 4 is 33.5 Å². The second-order valence-corrected chi connectivity index (χ2v) is 5.61. The van der Waals surface area contributed by atoms with Crippen molar-refractivity contribution in [2.24, 2.45) is 4.99 Å². The Kier molecular flexibility index (Phi) is 6.29. The lowest BCUT2D eigenvalue weighted by atomic mass is 10.3. The van der Waals surface area contributed by atoms with E-state index in [9.17, 15) is 0 Å². The number of nitrogens with zero attached hydrogens (tertiary/aromatic N) is 2. The van der Waals surface area contributed by atoms with Gasteiger partial charge < -0.3 is 10.2 Å². The van der Waals surface area contributed by atoms with Crippen molar-refractivity contribution in [1.29, 1.82) is 0 Å². The summed E-state index contributed by atoms with van der Waals surface area (Å²) in [6.07, 6.45) is 7.77. The van der Waals surface area contributed by atoms with Crippen LogP contribution < -0.4 is 5.32 Å². The van der Waals surface area contributed by atoms with Gasteiger partial charge in [0, 0.05) is 18.2 Å². The Balaban J connectivity index is 2.82. The van der Waals surface area contributed by atoms with Gasteiger partial charge in [0.25, 0.3) is 0 Å². The van der Waals surface area contributed by atoms with Crippen LogP contribution in [0.5, 0.6) is 0 Å². The monoisotopic (exact) mass is 327 g/mol. The number of hydrogen-bond donors (Lipinski definition) is 1. The van der Waals surface area contributed by atoms with Crippen LogP contribution in [0.2, 0.25) is 0 Å². The Morgan fingerprint density at radius 2 is 2.39 bits per heavy atom. The number of thioether (sulfide) groups is 1. The molecule has 1 heterocycles. The predicted molar refractivity (Wildman–Crippen MR) is 85.8 cm³/mol. The quantitative estimate of drug-likeness (QED) is 0.476. The maximum absolute atomic E-state index is 4.49. The fourth-order valence-corrected chi connectivity index (χ4v) is 2.33. The van der Waals surface area contributed by atoms with E-state index in [0.29, 0.717) is 0 Å². The molecule has 0 atom stereocenters. The van der Waals surface area contributed by atoms with Crippen LogP contribution in [0.1, 0.15) is 6.92 Å². The first kappa shape index (κ1) is 15.1. The van der Waals surface area contributed by atoms with Gasteiger partial charge >= 0.3 is 0 Å². The fraction of sp³-hybridized carbons (Fsp3) is 0.308. The van der Waals surface area contributed by atoms with Gasteiger partial charge in [0.05, 0.1) is 16.8 Å². The zero-order chi connectivity index (χ0) is 13.5. The summed E-state index contributed by atoms with van der Waals surface area (Å²) in [5.74, 6) is 1.81. The third kappa shape index (κ3) is 4.38. The van der Waals surface area contributed by atoms with Crippen molar-refractivity contribution in [1.82, 2.24) is 10.2 Å². The molecule has 18 heavy (non-hydrogen) atoms. The van der Waals surface area contributed by atoms with Crippen LogP contribution in [0.25, 0.3) is 0 Å². The van der Waals surface area contributed by atoms with Gasteiger partial charge in [-0.15, -0.1) is 0 Å². The molecule has 5 heteroatoms. The maximum atomic E-state index is 4.49. The molecule has 0 amide bonds. The van der Waals surface area contributed by atoms with Crippen LogP contribution in [0.15, 0.2) is 52.5 Å². The van der Waals surface area contributed by atoms with E-state index in [1.54, 1.807) is 11.8 Å². The molecule has 0 bridgehead atoms. The summed E-state index contributed by atoms with van der Waals surface area (Å²) in [4.78, 5) is 6.42. The summed E-state index contributed by atoms with van der Waals surface area (Å²) in [6.45, 7) is 10.6. The van der Waals surface area contributed by atoms with Crippen LogP contribution in [0.4, 0.5) is 0 Å². The first-order valence-corrected chi connectivity index (χ1v) is 7.72. The topological polar surface area (TPSA) is 27.6 Å². The molecule has 0 aliphatic carbocycles. The lowest BCUT2D eigenvalue weighted by Crippen LogP contribution is -2.33. The van der Waals surface area contributed by atoms with Gasteiger partial charge in [-0.1, -0.05) is 18.7 Å². The summed E-state index contributed by atoms with van der Waals surface area (Å²) in [7, 11) is 0. The highest BCUT2D eigenvalue weighted by molar-refractivity contribution is 9.11. The highest BCUT2D eigenvalue weighted by atomic mass is 79.9. The smallest absolute Gasteiger partial charge is 0.149 e. The molecule has 98 valence electrons. The fourth-order valence-electron chi connectivity index (χ4n) is 1.34. The van der Waals surface area contributed by atoms with Crippen LogP contribution in [-0.2, 0) is 0 Å². The number of allylic oxidation sites excluding steroid dienone is 2. The van der Waals surface area contributed by atoms with Crippen LogP contribution in [-0.4, -0.2) is 29.3 Å². The number of rotatable bonds is 5. The van der Waals surface area contributed by atoms with Gasteiger partial charge in [-0.25, -0.2) is 0 Å². The van der Waals surface area contributed by atoms with Gasteiger partial charge in [0.1, 0.15) is 5.84 Å². The molecule has 1 N–H and O–H groups in total. The molecule has 0 aromatic carbocycles. The molecule has 3 nitrogen and oxygen atoms in total. The van der Waals surface area contributed by atoms with Crippen molar-refractivity contribution in [3.63, 3.8) is 0 Å². The highest BCUT2D eigenvalue weighted by Gasteiger charge is 2.16. The third-order valence-electron chi connectivity index (χ3n) is 2.17. The van der Waals surface area contributed by atoms with Crippen LogP contribution in [0.3, 0.4) is 0 Å². The number of aliphatic imine (C=N–C) groups is 1. The van der Waals surface area contributed by atoms with E-state index in [2.05, 4.69) is 45.7 Å². The molecule has 0 radical (unpaired) electrons. The standard InChI is InChI=1S/C13H18BrN3S/c1-10(2)9-12(14)17-7-5-15-13(11(17)3)16-6-8-18-4/h5,7,9H,1,3,6,8H2,2,4H3,(H,15,16)/b12-9-. The largest absolute Gasteiger partial charge is 0.344 e. The SMILES string of the molecule is C=C(C)/C=C(/Br)N1C=CNC(=NCCSC)C1=C. The number of nitrogens with one attached hydrogen (secondary N) is 1. The summed E-state index contributed by atoms with van der Waals surface area (Å²) in [5, 5.41) is 3.11. The molecule has 0 aromatic heterocycles. The molecular formula is C13H18BrN3S. The van der Waals surface area contributed by atoms with Gasteiger partial charge in [-0.05, 0) is 35.2 Å². The normalized spacial score (nSPS) is 18.2. The van der Waals surface area contributed by atoms with Crippen molar-refractivity contribution in [2.75, 3.05) is 18.6 Å². The molecule has 0 saturated carbocycles. The van der Waals surface area contributed by atoms with E-state index in [1.165, 1.54) is 0 Å². The molecule has 1 aliphatic rings. The van der Waals surface area contributed by atoms with Crippen molar-refractivity contribution < 1.29 is 0 Å². The molecule has 0 spiro atoms. The summed E-state index contributed by atoms with van der Waals surface area (Å²) in [6, 6.07) is 0. The van der Waals surface area contributed by atoms with Gasteiger partial charge in [0.15, 0.2) is 0 Å². The molecule has 0 saturated heterocycles. The average Bonchev–Trinajstić information content (AvgIpc) is 2.30. The molecule has 0 aromatic rings. The van der Waals surface area contributed by atoms with Gasteiger partial charge in [-0.3, -0.25) is 4.99 Å². The lowest BCUT2D eigenvalue weighted by Gasteiger charge is -2.27. The summed E-state index contributed by atoms with van der Waals surface area (Å²) in [5.41, 5.74) is 1.80. The predicted octanol–water partition coefficient (Wildman–Crippen LogP) is 3.45. The Hall–Kier alpha value is -0.940. The van der Waals surface area contributed by atoms with Gasteiger partial charge in [0.2, 0.25) is 0 Å². The number of amidine groups is 1. The van der Waals surface area contributed by atoms with Gasteiger partial charge in [-0.2, -0.15) is 11.8 Å². The maximum Gasteiger partial charge on any atom is 0.149 e.